The van der Waals surface area contributed by atoms with Gasteiger partial charge in [-0.25, -0.2) is 4.79 Å². The molecule has 0 radical (unpaired) electrons. The largest absolute Gasteiger partial charge is 0.480 e. The maximum atomic E-state index is 12.2. The number of nitrogens with zero attached hydrogens (tertiary/aromatic N) is 1. The average molecular weight is 301 g/mol. The van der Waals surface area contributed by atoms with Crippen LogP contribution in [0.3, 0.4) is 0 Å². The van der Waals surface area contributed by atoms with Crippen molar-refractivity contribution in [3.63, 3.8) is 0 Å². The Balaban J connectivity index is 1.77. The summed E-state index contributed by atoms with van der Waals surface area (Å²) in [7, 11) is 1.53. The van der Waals surface area contributed by atoms with E-state index in [4.69, 9.17) is 14.2 Å². The van der Waals surface area contributed by atoms with Crippen LogP contribution in [0.4, 0.5) is 0 Å². The Kier molecular flexibility index (Phi) is 5.96. The van der Waals surface area contributed by atoms with E-state index in [1.807, 2.05) is 0 Å². The number of carbonyl (C=O) groups is 2. The summed E-state index contributed by atoms with van der Waals surface area (Å²) < 4.78 is 16.1. The number of rotatable bonds is 6. The summed E-state index contributed by atoms with van der Waals surface area (Å²) >= 11 is 0. The molecule has 2 heterocycles. The van der Waals surface area contributed by atoms with Crippen LogP contribution in [0, 0.1) is 0 Å². The van der Waals surface area contributed by atoms with Gasteiger partial charge in [-0.3, -0.25) is 4.79 Å². The van der Waals surface area contributed by atoms with E-state index in [0.717, 1.165) is 12.8 Å². The molecular formula is C14H23NO6. The third-order valence-electron chi connectivity index (χ3n) is 4.04. The first-order valence-corrected chi connectivity index (χ1v) is 7.36. The van der Waals surface area contributed by atoms with Crippen LogP contribution in [-0.4, -0.2) is 73.6 Å². The molecule has 21 heavy (non-hydrogen) atoms. The van der Waals surface area contributed by atoms with Crippen molar-refractivity contribution in [2.24, 2.45) is 0 Å². The molecule has 7 heteroatoms. The lowest BCUT2D eigenvalue weighted by molar-refractivity contribution is -0.149. The minimum Gasteiger partial charge on any atom is -0.480 e. The Morgan fingerprint density at radius 1 is 1.29 bits per heavy atom. The third-order valence-corrected chi connectivity index (χ3v) is 4.04. The van der Waals surface area contributed by atoms with E-state index in [2.05, 4.69) is 0 Å². The van der Waals surface area contributed by atoms with Gasteiger partial charge in [0, 0.05) is 33.3 Å². The van der Waals surface area contributed by atoms with E-state index >= 15 is 0 Å². The van der Waals surface area contributed by atoms with Crippen LogP contribution in [0.5, 0.6) is 0 Å². The minimum absolute atomic E-state index is 0.145. The fraction of sp³-hybridized carbons (Fsp3) is 0.857. The quantitative estimate of drug-likeness (QED) is 0.758. The highest BCUT2D eigenvalue weighted by Crippen LogP contribution is 2.21. The molecule has 2 aliphatic heterocycles. The Morgan fingerprint density at radius 3 is 2.62 bits per heavy atom. The maximum Gasteiger partial charge on any atom is 0.326 e. The van der Waals surface area contributed by atoms with Crippen LogP contribution >= 0.6 is 0 Å². The van der Waals surface area contributed by atoms with Gasteiger partial charge in [0.15, 0.2) is 0 Å². The number of carboxylic acid groups (broad SMARTS) is 1. The van der Waals surface area contributed by atoms with Gasteiger partial charge in [0.25, 0.3) is 0 Å². The topological polar surface area (TPSA) is 85.3 Å². The molecule has 0 bridgehead atoms. The zero-order chi connectivity index (χ0) is 15.2. The molecule has 0 spiro atoms. The number of likely N-dealkylation sites (tertiary alicyclic amines) is 1. The van der Waals surface area contributed by atoms with Gasteiger partial charge in [-0.05, 0) is 12.8 Å². The van der Waals surface area contributed by atoms with Crippen LogP contribution in [0.2, 0.25) is 0 Å². The van der Waals surface area contributed by atoms with E-state index in [1.165, 1.54) is 12.0 Å². The normalized spacial score (nSPS) is 27.0. The molecule has 2 atom stereocenters. The van der Waals surface area contributed by atoms with Gasteiger partial charge < -0.3 is 24.2 Å². The number of amides is 1. The van der Waals surface area contributed by atoms with Crippen molar-refractivity contribution in [2.45, 2.75) is 43.9 Å². The van der Waals surface area contributed by atoms with Crippen molar-refractivity contribution in [3.8, 4) is 0 Å². The smallest absolute Gasteiger partial charge is 0.326 e. The first-order valence-electron chi connectivity index (χ1n) is 7.36. The third kappa shape index (κ3) is 4.39. The first kappa shape index (κ1) is 16.2. The van der Waals surface area contributed by atoms with E-state index in [9.17, 15) is 14.7 Å². The highest BCUT2D eigenvalue weighted by atomic mass is 16.5. The van der Waals surface area contributed by atoms with Gasteiger partial charge in [-0.2, -0.15) is 0 Å². The average Bonchev–Trinajstić information content (AvgIpc) is 2.93. The molecule has 0 aliphatic carbocycles. The number of ether oxygens (including phenoxy) is 3. The second kappa shape index (κ2) is 7.72. The standard InChI is InChI=1S/C14H23NO6/c1-19-11-8-12(14(17)18)15(9-11)13(16)4-7-21-10-2-5-20-6-3-10/h10-12H,2-9H2,1H3,(H,17,18). The lowest BCUT2D eigenvalue weighted by Gasteiger charge is -2.24. The molecule has 2 rings (SSSR count). The molecule has 0 saturated carbocycles. The zero-order valence-electron chi connectivity index (χ0n) is 12.3. The fourth-order valence-corrected chi connectivity index (χ4v) is 2.78. The molecule has 120 valence electrons. The van der Waals surface area contributed by atoms with Gasteiger partial charge in [-0.15, -0.1) is 0 Å². The number of carboxylic acids is 1. The summed E-state index contributed by atoms with van der Waals surface area (Å²) in [4.78, 5) is 24.8. The summed E-state index contributed by atoms with van der Waals surface area (Å²) in [6, 6.07) is -0.787. The van der Waals surface area contributed by atoms with Crippen molar-refractivity contribution >= 4 is 11.9 Å². The van der Waals surface area contributed by atoms with Gasteiger partial charge >= 0.3 is 5.97 Å². The second-order valence-electron chi connectivity index (χ2n) is 5.43. The van der Waals surface area contributed by atoms with Gasteiger partial charge in [-0.1, -0.05) is 0 Å². The van der Waals surface area contributed by atoms with Crippen LogP contribution in [0.1, 0.15) is 25.7 Å². The van der Waals surface area contributed by atoms with Crippen molar-refractivity contribution in [2.75, 3.05) is 33.5 Å². The molecule has 2 aliphatic rings. The molecule has 0 aromatic heterocycles. The Morgan fingerprint density at radius 2 is 2.00 bits per heavy atom. The van der Waals surface area contributed by atoms with E-state index in [1.54, 1.807) is 0 Å². The summed E-state index contributed by atoms with van der Waals surface area (Å²) in [6.07, 6.45) is 2.19. The van der Waals surface area contributed by atoms with Crippen molar-refractivity contribution in [1.29, 1.82) is 0 Å². The zero-order valence-corrected chi connectivity index (χ0v) is 12.3. The molecule has 2 fully saturated rings. The predicted octanol–water partition coefficient (Wildman–Crippen LogP) is 0.273. The summed E-state index contributed by atoms with van der Waals surface area (Å²) in [5, 5.41) is 9.18. The van der Waals surface area contributed by atoms with Gasteiger partial charge in [0.05, 0.1) is 25.2 Å². The molecule has 7 nitrogen and oxygen atoms in total. The maximum absolute atomic E-state index is 12.2. The fourth-order valence-electron chi connectivity index (χ4n) is 2.78. The van der Waals surface area contributed by atoms with E-state index < -0.39 is 12.0 Å². The van der Waals surface area contributed by atoms with E-state index in [-0.39, 0.29) is 24.5 Å². The lowest BCUT2D eigenvalue weighted by atomic mass is 10.1. The Labute approximate surface area is 124 Å². The molecule has 2 unspecified atom stereocenters. The van der Waals surface area contributed by atoms with E-state index in [0.29, 0.717) is 32.8 Å². The molecule has 0 aromatic carbocycles. The molecule has 1 amide bonds. The number of hydrogen-bond acceptors (Lipinski definition) is 5. The van der Waals surface area contributed by atoms with Crippen molar-refractivity contribution in [1.82, 2.24) is 4.90 Å². The monoisotopic (exact) mass is 301 g/mol. The van der Waals surface area contributed by atoms with Crippen LogP contribution < -0.4 is 0 Å². The second-order valence-corrected chi connectivity index (χ2v) is 5.43. The SMILES string of the molecule is COC1CC(C(=O)O)N(C(=O)CCOC2CCOCC2)C1. The first-order chi connectivity index (χ1) is 10.1. The summed E-state index contributed by atoms with van der Waals surface area (Å²) in [6.45, 7) is 2.05. The highest BCUT2D eigenvalue weighted by Gasteiger charge is 2.39. The Bertz CT molecular complexity index is 368. The Hall–Kier alpha value is -1.18. The molecule has 0 aromatic rings. The minimum atomic E-state index is -0.978. The van der Waals surface area contributed by atoms with Gasteiger partial charge in [0.1, 0.15) is 6.04 Å². The number of methoxy groups -OCH3 is 1. The van der Waals surface area contributed by atoms with Crippen LogP contribution in [0.15, 0.2) is 0 Å². The highest BCUT2D eigenvalue weighted by molar-refractivity contribution is 5.84. The van der Waals surface area contributed by atoms with Crippen LogP contribution in [0.25, 0.3) is 0 Å². The van der Waals surface area contributed by atoms with Gasteiger partial charge in [0.2, 0.25) is 5.91 Å². The van der Waals surface area contributed by atoms with Crippen molar-refractivity contribution < 1.29 is 28.9 Å². The lowest BCUT2D eigenvalue weighted by Crippen LogP contribution is -2.41. The number of hydrogen-bond donors (Lipinski definition) is 1. The molecule has 1 N–H and O–H groups in total. The summed E-state index contributed by atoms with van der Waals surface area (Å²) in [5.74, 6) is -1.16. The molecule has 2 saturated heterocycles. The summed E-state index contributed by atoms with van der Waals surface area (Å²) in [5.41, 5.74) is 0. The number of aliphatic carboxylic acids is 1. The number of carbonyl (C=O) groups excluding carboxylic acids is 1. The molecular weight excluding hydrogens is 278 g/mol. The predicted molar refractivity (Wildman–Crippen MR) is 73.0 cm³/mol. The van der Waals surface area contributed by atoms with Crippen LogP contribution in [-0.2, 0) is 23.8 Å². The van der Waals surface area contributed by atoms with Crippen molar-refractivity contribution in [3.05, 3.63) is 0 Å².